The Morgan fingerprint density at radius 1 is 1.04 bits per heavy atom. The highest BCUT2D eigenvalue weighted by Crippen LogP contribution is 2.20. The van der Waals surface area contributed by atoms with Crippen molar-refractivity contribution in [3.63, 3.8) is 0 Å². The molecule has 132 valence electrons. The fourth-order valence-corrected chi connectivity index (χ4v) is 2.90. The summed E-state index contributed by atoms with van der Waals surface area (Å²) >= 11 is 6.73. The highest BCUT2D eigenvalue weighted by atomic mass is 79.9. The number of ether oxygens (including phenoxy) is 1. The molecule has 0 saturated heterocycles. The fraction of sp³-hybridized carbons (Fsp3) is 0.222. The van der Waals surface area contributed by atoms with Crippen molar-refractivity contribution in [1.29, 1.82) is 0 Å². The van der Waals surface area contributed by atoms with Gasteiger partial charge in [0.05, 0.1) is 19.6 Å². The van der Waals surface area contributed by atoms with Crippen molar-refractivity contribution in [2.24, 2.45) is 0 Å². The van der Waals surface area contributed by atoms with E-state index in [4.69, 9.17) is 4.74 Å². The Bertz CT molecular complexity index is 766. The maximum atomic E-state index is 11.9. The summed E-state index contributed by atoms with van der Waals surface area (Å²) in [5, 5.41) is 5.35. The van der Waals surface area contributed by atoms with Gasteiger partial charge in [-0.25, -0.2) is 0 Å². The average molecular weight is 470 g/mol. The zero-order valence-corrected chi connectivity index (χ0v) is 16.8. The SMILES string of the molecule is Cc1cc(Br)ccc1NC(=O)CNC(=O)CCOc1cccc(Br)c1. The average Bonchev–Trinajstić information content (AvgIpc) is 2.56. The summed E-state index contributed by atoms with van der Waals surface area (Å²) in [4.78, 5) is 23.7. The largest absolute Gasteiger partial charge is 0.493 e. The maximum absolute atomic E-state index is 11.9. The Labute approximate surface area is 163 Å². The van der Waals surface area contributed by atoms with E-state index in [0.717, 1.165) is 20.2 Å². The normalized spacial score (nSPS) is 10.2. The number of aryl methyl sites for hydroxylation is 1. The highest BCUT2D eigenvalue weighted by Gasteiger charge is 2.08. The molecule has 0 bridgehead atoms. The first-order chi connectivity index (χ1) is 11.9. The van der Waals surface area contributed by atoms with Gasteiger partial charge in [0.2, 0.25) is 11.8 Å². The third-order valence-electron chi connectivity index (χ3n) is 3.30. The molecule has 0 aliphatic heterocycles. The molecule has 0 aromatic heterocycles. The molecule has 2 amide bonds. The molecule has 0 atom stereocenters. The standard InChI is InChI=1S/C18H18Br2N2O3/c1-12-9-14(20)5-6-16(12)22-18(24)11-21-17(23)7-8-25-15-4-2-3-13(19)10-15/h2-6,9-10H,7-8,11H2,1H3,(H,21,23)(H,22,24). The van der Waals surface area contributed by atoms with Crippen LogP contribution in [0.2, 0.25) is 0 Å². The van der Waals surface area contributed by atoms with E-state index in [1.54, 1.807) is 0 Å². The van der Waals surface area contributed by atoms with E-state index < -0.39 is 0 Å². The zero-order chi connectivity index (χ0) is 18.2. The van der Waals surface area contributed by atoms with Gasteiger partial charge in [0.15, 0.2) is 0 Å². The van der Waals surface area contributed by atoms with Gasteiger partial charge in [-0.2, -0.15) is 0 Å². The molecule has 2 aromatic rings. The lowest BCUT2D eigenvalue weighted by molar-refractivity contribution is -0.124. The first kappa shape index (κ1) is 19.5. The van der Waals surface area contributed by atoms with E-state index in [1.165, 1.54) is 0 Å². The summed E-state index contributed by atoms with van der Waals surface area (Å²) in [6, 6.07) is 13.0. The smallest absolute Gasteiger partial charge is 0.243 e. The number of carbonyl (C=O) groups excluding carboxylic acids is 2. The van der Waals surface area contributed by atoms with Crippen LogP contribution < -0.4 is 15.4 Å². The van der Waals surface area contributed by atoms with Crippen LogP contribution in [-0.2, 0) is 9.59 Å². The van der Waals surface area contributed by atoms with Gasteiger partial charge in [0.25, 0.3) is 0 Å². The van der Waals surface area contributed by atoms with Gasteiger partial charge in [0, 0.05) is 14.6 Å². The molecule has 0 heterocycles. The van der Waals surface area contributed by atoms with Crippen molar-refractivity contribution in [3.8, 4) is 5.75 Å². The van der Waals surface area contributed by atoms with Gasteiger partial charge < -0.3 is 15.4 Å². The second-order valence-electron chi connectivity index (χ2n) is 5.34. The number of hydrogen-bond acceptors (Lipinski definition) is 3. The van der Waals surface area contributed by atoms with Crippen LogP contribution in [0, 0.1) is 6.92 Å². The molecule has 0 fully saturated rings. The quantitative estimate of drug-likeness (QED) is 0.642. The first-order valence-electron chi connectivity index (χ1n) is 7.65. The van der Waals surface area contributed by atoms with Crippen LogP contribution in [0.15, 0.2) is 51.4 Å². The molecule has 7 heteroatoms. The van der Waals surface area contributed by atoms with E-state index in [2.05, 4.69) is 42.5 Å². The molecule has 2 rings (SSSR count). The molecule has 0 saturated carbocycles. The number of anilines is 1. The van der Waals surface area contributed by atoms with Crippen molar-refractivity contribution in [2.45, 2.75) is 13.3 Å². The zero-order valence-electron chi connectivity index (χ0n) is 13.6. The van der Waals surface area contributed by atoms with E-state index in [-0.39, 0.29) is 31.4 Å². The Hall–Kier alpha value is -1.86. The lowest BCUT2D eigenvalue weighted by atomic mass is 10.2. The number of amides is 2. The van der Waals surface area contributed by atoms with Crippen molar-refractivity contribution < 1.29 is 14.3 Å². The summed E-state index contributed by atoms with van der Waals surface area (Å²) in [7, 11) is 0. The molecule has 5 nitrogen and oxygen atoms in total. The topological polar surface area (TPSA) is 67.4 Å². The Balaban J connectivity index is 1.69. The molecule has 2 N–H and O–H groups in total. The van der Waals surface area contributed by atoms with Crippen LogP contribution in [0.25, 0.3) is 0 Å². The van der Waals surface area contributed by atoms with Gasteiger partial charge in [-0.1, -0.05) is 37.9 Å². The van der Waals surface area contributed by atoms with Crippen molar-refractivity contribution in [3.05, 3.63) is 57.0 Å². The summed E-state index contributed by atoms with van der Waals surface area (Å²) in [5.74, 6) is 0.176. The Kier molecular flexibility index (Phi) is 7.46. The van der Waals surface area contributed by atoms with Gasteiger partial charge in [-0.15, -0.1) is 0 Å². The van der Waals surface area contributed by atoms with Crippen LogP contribution in [0.3, 0.4) is 0 Å². The molecule has 0 radical (unpaired) electrons. The van der Waals surface area contributed by atoms with Crippen molar-refractivity contribution in [2.75, 3.05) is 18.5 Å². The molecule has 0 spiro atoms. The Morgan fingerprint density at radius 3 is 2.52 bits per heavy atom. The molecule has 0 aliphatic rings. The van der Waals surface area contributed by atoms with E-state index >= 15 is 0 Å². The molecule has 0 unspecified atom stereocenters. The first-order valence-corrected chi connectivity index (χ1v) is 9.24. The van der Waals surface area contributed by atoms with Gasteiger partial charge in [-0.3, -0.25) is 9.59 Å². The van der Waals surface area contributed by atoms with Gasteiger partial charge >= 0.3 is 0 Å². The molecular formula is C18H18Br2N2O3. The minimum atomic E-state index is -0.272. The van der Waals surface area contributed by atoms with Crippen molar-refractivity contribution in [1.82, 2.24) is 5.32 Å². The monoisotopic (exact) mass is 468 g/mol. The van der Waals surface area contributed by atoms with Crippen molar-refractivity contribution >= 4 is 49.4 Å². The lowest BCUT2D eigenvalue weighted by Crippen LogP contribution is -2.33. The maximum Gasteiger partial charge on any atom is 0.243 e. The van der Waals surface area contributed by atoms with E-state index in [9.17, 15) is 9.59 Å². The van der Waals surface area contributed by atoms with Crippen LogP contribution in [-0.4, -0.2) is 25.0 Å². The minimum absolute atomic E-state index is 0.0782. The predicted octanol–water partition coefficient (Wildman–Crippen LogP) is 4.04. The number of hydrogen-bond donors (Lipinski definition) is 2. The van der Waals surface area contributed by atoms with E-state index in [0.29, 0.717) is 5.75 Å². The van der Waals surface area contributed by atoms with Crippen LogP contribution >= 0.6 is 31.9 Å². The summed E-state index contributed by atoms with van der Waals surface area (Å²) in [6.45, 7) is 2.07. The number of halogens is 2. The number of benzene rings is 2. The third kappa shape index (κ3) is 6.88. The third-order valence-corrected chi connectivity index (χ3v) is 4.29. The Morgan fingerprint density at radius 2 is 1.80 bits per heavy atom. The second-order valence-corrected chi connectivity index (χ2v) is 7.17. The summed E-state index contributed by atoms with van der Waals surface area (Å²) < 4.78 is 7.35. The van der Waals surface area contributed by atoms with Crippen LogP contribution in [0.5, 0.6) is 5.75 Å². The summed E-state index contributed by atoms with van der Waals surface area (Å²) in [6.07, 6.45) is 0.178. The molecule has 0 aliphatic carbocycles. The fourth-order valence-electron chi connectivity index (χ4n) is 2.05. The number of nitrogens with one attached hydrogen (secondary N) is 2. The lowest BCUT2D eigenvalue weighted by Gasteiger charge is -2.10. The molecule has 25 heavy (non-hydrogen) atoms. The van der Waals surface area contributed by atoms with Crippen LogP contribution in [0.1, 0.15) is 12.0 Å². The highest BCUT2D eigenvalue weighted by molar-refractivity contribution is 9.10. The van der Waals surface area contributed by atoms with E-state index in [1.807, 2.05) is 49.4 Å². The minimum Gasteiger partial charge on any atom is -0.493 e. The summed E-state index contributed by atoms with van der Waals surface area (Å²) in [5.41, 5.74) is 1.66. The predicted molar refractivity (Wildman–Crippen MR) is 105 cm³/mol. The van der Waals surface area contributed by atoms with Gasteiger partial charge in [-0.05, 0) is 48.9 Å². The number of rotatable bonds is 7. The molecule has 2 aromatic carbocycles. The second kappa shape index (κ2) is 9.58. The molecular weight excluding hydrogens is 452 g/mol. The van der Waals surface area contributed by atoms with Gasteiger partial charge in [0.1, 0.15) is 5.75 Å². The van der Waals surface area contributed by atoms with Crippen LogP contribution in [0.4, 0.5) is 5.69 Å². The number of carbonyl (C=O) groups is 2.